The van der Waals surface area contributed by atoms with E-state index in [0.29, 0.717) is 17.1 Å². The molecule has 7 nitrogen and oxygen atoms in total. The lowest BCUT2D eigenvalue weighted by Crippen LogP contribution is -2.34. The summed E-state index contributed by atoms with van der Waals surface area (Å²) in [6, 6.07) is 4.13. The van der Waals surface area contributed by atoms with Gasteiger partial charge >= 0.3 is 5.97 Å². The topological polar surface area (TPSA) is 110 Å². The molecule has 132 valence electrons. The Morgan fingerprint density at radius 1 is 1.38 bits per heavy atom. The summed E-state index contributed by atoms with van der Waals surface area (Å²) in [7, 11) is 0. The number of nitro benzene ring substituents is 1. The van der Waals surface area contributed by atoms with E-state index in [1.165, 1.54) is 23.9 Å². The zero-order valence-corrected chi connectivity index (χ0v) is 14.8. The molecule has 0 fully saturated rings. The molecule has 0 aromatic heterocycles. The second kappa shape index (κ2) is 9.27. The number of rotatable bonds is 9. The van der Waals surface area contributed by atoms with Crippen LogP contribution < -0.4 is 5.32 Å². The summed E-state index contributed by atoms with van der Waals surface area (Å²) in [5.41, 5.74) is 0.0299. The van der Waals surface area contributed by atoms with E-state index < -0.39 is 22.7 Å². The van der Waals surface area contributed by atoms with Crippen LogP contribution in [0.2, 0.25) is 0 Å². The van der Waals surface area contributed by atoms with Gasteiger partial charge in [-0.15, -0.1) is 11.8 Å². The van der Waals surface area contributed by atoms with Crippen molar-refractivity contribution in [3.05, 3.63) is 33.9 Å². The summed E-state index contributed by atoms with van der Waals surface area (Å²) in [5.74, 6) is -1.25. The molecular formula is C16H22N2O5S. The van der Waals surface area contributed by atoms with Crippen molar-refractivity contribution in [3.63, 3.8) is 0 Å². The third-order valence-corrected chi connectivity index (χ3v) is 4.29. The average Bonchev–Trinajstić information content (AvgIpc) is 2.50. The fourth-order valence-corrected chi connectivity index (χ4v) is 3.02. The molecule has 0 bridgehead atoms. The minimum Gasteiger partial charge on any atom is -0.481 e. The van der Waals surface area contributed by atoms with Crippen LogP contribution in [0.3, 0.4) is 0 Å². The molecule has 0 heterocycles. The number of thioether (sulfide) groups is 1. The Labute approximate surface area is 145 Å². The molecule has 1 aromatic rings. The first-order valence-corrected chi connectivity index (χ1v) is 8.67. The molecule has 0 radical (unpaired) electrons. The van der Waals surface area contributed by atoms with Crippen LogP contribution >= 0.6 is 11.8 Å². The molecule has 0 saturated heterocycles. The number of non-ortho nitro benzene ring substituents is 1. The van der Waals surface area contributed by atoms with Crippen LogP contribution in [0.15, 0.2) is 23.1 Å². The van der Waals surface area contributed by atoms with Crippen molar-refractivity contribution in [2.24, 2.45) is 11.8 Å². The summed E-state index contributed by atoms with van der Waals surface area (Å²) < 4.78 is 0. The lowest BCUT2D eigenvalue weighted by atomic mass is 9.97. The van der Waals surface area contributed by atoms with Gasteiger partial charge in [0.1, 0.15) is 0 Å². The number of benzene rings is 1. The molecule has 0 aliphatic heterocycles. The molecule has 0 spiro atoms. The fraction of sp³-hybridized carbons (Fsp3) is 0.500. The van der Waals surface area contributed by atoms with E-state index in [-0.39, 0.29) is 23.7 Å². The third kappa shape index (κ3) is 5.84. The van der Waals surface area contributed by atoms with Gasteiger partial charge in [0, 0.05) is 23.6 Å². The van der Waals surface area contributed by atoms with Gasteiger partial charge in [0.15, 0.2) is 0 Å². The first-order valence-electron chi connectivity index (χ1n) is 7.68. The van der Waals surface area contributed by atoms with Crippen molar-refractivity contribution in [2.45, 2.75) is 32.1 Å². The van der Waals surface area contributed by atoms with Gasteiger partial charge in [-0.25, -0.2) is 0 Å². The Hall–Kier alpha value is -2.09. The highest BCUT2D eigenvalue weighted by Gasteiger charge is 2.22. The first kappa shape index (κ1) is 20.0. The van der Waals surface area contributed by atoms with Gasteiger partial charge in [0.05, 0.1) is 16.4 Å². The van der Waals surface area contributed by atoms with Gasteiger partial charge in [-0.2, -0.15) is 0 Å². The average molecular weight is 354 g/mol. The largest absolute Gasteiger partial charge is 0.481 e. The maximum Gasteiger partial charge on any atom is 0.308 e. The molecule has 0 aliphatic carbocycles. The second-order valence-electron chi connectivity index (χ2n) is 5.75. The standard InChI is InChI=1S/C16H22N2O5S/c1-4-24-14-6-5-12(18(22)23)8-13(14)15(19)17-9-11(16(20)21)7-10(2)3/h5-6,8,10-11H,4,7,9H2,1-3H3,(H,17,19)(H,20,21). The van der Waals surface area contributed by atoms with Crippen LogP contribution in [0.5, 0.6) is 0 Å². The van der Waals surface area contributed by atoms with Gasteiger partial charge < -0.3 is 10.4 Å². The molecule has 1 aromatic carbocycles. The minimum atomic E-state index is -0.966. The lowest BCUT2D eigenvalue weighted by molar-refractivity contribution is -0.384. The number of carbonyl (C=O) groups is 2. The zero-order valence-electron chi connectivity index (χ0n) is 13.9. The van der Waals surface area contributed by atoms with Crippen LogP contribution in [0.25, 0.3) is 0 Å². The van der Waals surface area contributed by atoms with Crippen molar-refractivity contribution in [1.29, 1.82) is 0 Å². The number of nitrogens with one attached hydrogen (secondary N) is 1. The zero-order chi connectivity index (χ0) is 18.3. The Balaban J connectivity index is 2.94. The van der Waals surface area contributed by atoms with E-state index in [0.717, 1.165) is 0 Å². The molecule has 1 amide bonds. The van der Waals surface area contributed by atoms with Crippen molar-refractivity contribution in [3.8, 4) is 0 Å². The van der Waals surface area contributed by atoms with E-state index in [4.69, 9.17) is 0 Å². The number of nitrogens with zero attached hydrogens (tertiary/aromatic N) is 1. The van der Waals surface area contributed by atoms with E-state index in [2.05, 4.69) is 5.32 Å². The molecule has 24 heavy (non-hydrogen) atoms. The quantitative estimate of drug-likeness (QED) is 0.400. The number of carboxylic acids is 1. The van der Waals surface area contributed by atoms with Crippen molar-refractivity contribution < 1.29 is 19.6 Å². The van der Waals surface area contributed by atoms with E-state index in [1.54, 1.807) is 6.07 Å². The molecule has 0 aliphatic rings. The van der Waals surface area contributed by atoms with Crippen molar-refractivity contribution in [1.82, 2.24) is 5.32 Å². The smallest absolute Gasteiger partial charge is 0.308 e. The van der Waals surface area contributed by atoms with Crippen LogP contribution in [-0.4, -0.2) is 34.2 Å². The number of hydrogen-bond acceptors (Lipinski definition) is 5. The maximum absolute atomic E-state index is 12.4. The molecule has 8 heteroatoms. The predicted octanol–water partition coefficient (Wildman–Crippen LogP) is 3.18. The van der Waals surface area contributed by atoms with Crippen molar-refractivity contribution in [2.75, 3.05) is 12.3 Å². The number of carbonyl (C=O) groups excluding carboxylic acids is 1. The van der Waals surface area contributed by atoms with E-state index >= 15 is 0 Å². The Bertz CT molecular complexity index is 618. The monoisotopic (exact) mass is 354 g/mol. The van der Waals surface area contributed by atoms with E-state index in [1.807, 2.05) is 20.8 Å². The number of amides is 1. The third-order valence-electron chi connectivity index (χ3n) is 3.33. The van der Waals surface area contributed by atoms with Gasteiger partial charge in [-0.3, -0.25) is 19.7 Å². The Morgan fingerprint density at radius 3 is 2.54 bits per heavy atom. The first-order chi connectivity index (χ1) is 11.3. The summed E-state index contributed by atoms with van der Waals surface area (Å²) in [6.45, 7) is 5.73. The fourth-order valence-electron chi connectivity index (χ4n) is 2.24. The summed E-state index contributed by atoms with van der Waals surface area (Å²) in [6.07, 6.45) is 0.446. The van der Waals surface area contributed by atoms with Gasteiger partial charge in [0.2, 0.25) is 0 Å². The SMILES string of the molecule is CCSc1ccc([N+](=O)[O-])cc1C(=O)NCC(CC(C)C)C(=O)O. The molecule has 1 unspecified atom stereocenters. The maximum atomic E-state index is 12.4. The molecular weight excluding hydrogens is 332 g/mol. The highest BCUT2D eigenvalue weighted by atomic mass is 32.2. The number of aliphatic carboxylic acids is 1. The van der Waals surface area contributed by atoms with Crippen LogP contribution in [0.1, 0.15) is 37.6 Å². The summed E-state index contributed by atoms with van der Waals surface area (Å²) in [4.78, 5) is 34.6. The minimum absolute atomic E-state index is 0.00866. The number of carboxylic acid groups (broad SMARTS) is 1. The highest BCUT2D eigenvalue weighted by Crippen LogP contribution is 2.26. The molecule has 1 rings (SSSR count). The second-order valence-corrected chi connectivity index (χ2v) is 7.05. The number of nitro groups is 1. The lowest BCUT2D eigenvalue weighted by Gasteiger charge is -2.16. The molecule has 1 atom stereocenters. The Morgan fingerprint density at radius 2 is 2.04 bits per heavy atom. The van der Waals surface area contributed by atoms with E-state index in [9.17, 15) is 24.8 Å². The van der Waals surface area contributed by atoms with Crippen LogP contribution in [-0.2, 0) is 4.79 Å². The normalized spacial score (nSPS) is 12.0. The molecule has 2 N–H and O–H groups in total. The highest BCUT2D eigenvalue weighted by molar-refractivity contribution is 7.99. The predicted molar refractivity (Wildman–Crippen MR) is 92.4 cm³/mol. The van der Waals surface area contributed by atoms with Crippen LogP contribution in [0.4, 0.5) is 5.69 Å². The van der Waals surface area contributed by atoms with Gasteiger partial charge in [-0.1, -0.05) is 20.8 Å². The van der Waals surface area contributed by atoms with Crippen molar-refractivity contribution >= 4 is 29.3 Å². The molecule has 0 saturated carbocycles. The van der Waals surface area contributed by atoms with Crippen LogP contribution in [0, 0.1) is 22.0 Å². The Kier molecular flexibility index (Phi) is 7.70. The summed E-state index contributed by atoms with van der Waals surface area (Å²) in [5, 5.41) is 22.7. The van der Waals surface area contributed by atoms with Gasteiger partial charge in [0.25, 0.3) is 11.6 Å². The summed E-state index contributed by atoms with van der Waals surface area (Å²) >= 11 is 1.40. The van der Waals surface area contributed by atoms with Gasteiger partial charge in [-0.05, 0) is 24.2 Å². The number of hydrogen-bond donors (Lipinski definition) is 2.